The molecule has 3 aliphatic rings. The van der Waals surface area contributed by atoms with Crippen LogP contribution in [0.5, 0.6) is 0 Å². The summed E-state index contributed by atoms with van der Waals surface area (Å²) >= 11 is 4.87. The highest BCUT2D eigenvalue weighted by atomic mass is 79.9. The van der Waals surface area contributed by atoms with Gasteiger partial charge >= 0.3 is 0 Å². The molecule has 2 heterocycles. The number of carbonyl (C=O) groups is 1. The Morgan fingerprint density at radius 3 is 2.46 bits per heavy atom. The molecule has 2 aliphatic carbocycles. The fourth-order valence-corrected chi connectivity index (χ4v) is 6.78. The van der Waals surface area contributed by atoms with Crippen molar-refractivity contribution in [3.63, 3.8) is 0 Å². The number of nitro benzene ring substituents is 1. The van der Waals surface area contributed by atoms with Crippen molar-refractivity contribution in [3.8, 4) is 11.3 Å². The van der Waals surface area contributed by atoms with Crippen LogP contribution in [-0.4, -0.2) is 33.0 Å². The van der Waals surface area contributed by atoms with Crippen LogP contribution in [0.1, 0.15) is 70.0 Å². The lowest BCUT2D eigenvalue weighted by molar-refractivity contribution is -0.384. The fraction of sp³-hybridized carbons (Fsp3) is 0.462. The number of hydrogen-bond donors (Lipinski definition) is 0. The number of non-ortho nitro benzene ring substituents is 1. The van der Waals surface area contributed by atoms with Crippen molar-refractivity contribution >= 4 is 50.5 Å². The van der Waals surface area contributed by atoms with Crippen molar-refractivity contribution < 1.29 is 14.1 Å². The number of thioether (sulfide) groups is 1. The molecule has 0 bridgehead atoms. The van der Waals surface area contributed by atoms with E-state index in [1.54, 1.807) is 12.1 Å². The first-order chi connectivity index (χ1) is 17.0. The number of amidine groups is 1. The molecule has 5 rings (SSSR count). The molecule has 1 aromatic carbocycles. The van der Waals surface area contributed by atoms with Crippen molar-refractivity contribution in [1.29, 1.82) is 0 Å². The van der Waals surface area contributed by atoms with Crippen LogP contribution in [0.2, 0.25) is 0 Å². The van der Waals surface area contributed by atoms with Crippen molar-refractivity contribution in [2.75, 3.05) is 0 Å². The van der Waals surface area contributed by atoms with Crippen molar-refractivity contribution in [1.82, 2.24) is 4.90 Å². The molecule has 9 heteroatoms. The summed E-state index contributed by atoms with van der Waals surface area (Å²) in [6, 6.07) is 8.74. The van der Waals surface area contributed by atoms with Crippen LogP contribution in [0, 0.1) is 10.1 Å². The zero-order chi connectivity index (χ0) is 24.4. The maximum Gasteiger partial charge on any atom is 0.270 e. The van der Waals surface area contributed by atoms with Gasteiger partial charge in [-0.25, -0.2) is 0 Å². The minimum absolute atomic E-state index is 0.00932. The first-order valence-electron chi connectivity index (χ1n) is 12.3. The summed E-state index contributed by atoms with van der Waals surface area (Å²) in [5.41, 5.74) is 0.726. The largest absolute Gasteiger partial charge is 0.457 e. The van der Waals surface area contributed by atoms with Gasteiger partial charge in [-0.2, -0.15) is 0 Å². The standard InChI is InChI=1S/C26H28BrN3O4S/c27-22-15-19(30(32)33)11-13-21(22)23-14-12-20(34-23)16-24-25(31)29(18-9-5-2-6-10-18)26(35-24)28-17-7-3-1-4-8-17/h11-18H,1-10H2. The number of rotatable bonds is 5. The number of amides is 1. The molecule has 1 aromatic heterocycles. The predicted octanol–water partition coefficient (Wildman–Crippen LogP) is 7.56. The molecule has 7 nitrogen and oxygen atoms in total. The van der Waals surface area contributed by atoms with Gasteiger partial charge in [0, 0.05) is 34.3 Å². The highest BCUT2D eigenvalue weighted by Gasteiger charge is 2.39. The van der Waals surface area contributed by atoms with Gasteiger partial charge in [0.15, 0.2) is 5.17 Å². The lowest BCUT2D eigenvalue weighted by atomic mass is 9.94. The predicted molar refractivity (Wildman–Crippen MR) is 142 cm³/mol. The van der Waals surface area contributed by atoms with Crippen molar-refractivity contribution in [3.05, 3.63) is 55.6 Å². The lowest BCUT2D eigenvalue weighted by Crippen LogP contribution is -2.41. The van der Waals surface area contributed by atoms with Gasteiger partial charge in [0.05, 0.1) is 15.9 Å². The van der Waals surface area contributed by atoms with Crippen molar-refractivity contribution in [2.45, 2.75) is 76.3 Å². The normalized spacial score (nSPS) is 22.4. The average Bonchev–Trinajstić information content (AvgIpc) is 3.44. The Bertz CT molecular complexity index is 1180. The van der Waals surface area contributed by atoms with E-state index in [4.69, 9.17) is 9.41 Å². The van der Waals surface area contributed by atoms with E-state index in [0.29, 0.717) is 32.5 Å². The Balaban J connectivity index is 1.41. The Morgan fingerprint density at radius 1 is 1.06 bits per heavy atom. The summed E-state index contributed by atoms with van der Waals surface area (Å²) in [4.78, 5) is 31.8. The van der Waals surface area contributed by atoms with Crippen molar-refractivity contribution in [2.24, 2.45) is 4.99 Å². The molecule has 0 radical (unpaired) electrons. The van der Waals surface area contributed by atoms with Crippen LogP contribution in [0.25, 0.3) is 17.4 Å². The third-order valence-corrected chi connectivity index (χ3v) is 8.63. The van der Waals surface area contributed by atoms with Crippen LogP contribution in [0.3, 0.4) is 0 Å². The SMILES string of the molecule is O=C1C(=Cc2ccc(-c3ccc([N+](=O)[O-])cc3Br)o2)SC(=NC2CCCCC2)N1C1CCCCC1. The quantitative estimate of drug-likeness (QED) is 0.215. The van der Waals surface area contributed by atoms with Gasteiger partial charge in [-0.15, -0.1) is 0 Å². The summed E-state index contributed by atoms with van der Waals surface area (Å²) in [6.45, 7) is 0. The van der Waals surface area contributed by atoms with E-state index in [0.717, 1.165) is 43.7 Å². The van der Waals surface area contributed by atoms with Gasteiger partial charge in [-0.1, -0.05) is 38.5 Å². The molecule has 0 unspecified atom stereocenters. The molecule has 184 valence electrons. The van der Waals surface area contributed by atoms with Gasteiger partial charge in [-0.05, 0) is 71.6 Å². The number of benzene rings is 1. The van der Waals surface area contributed by atoms with Crippen LogP contribution in [0.4, 0.5) is 5.69 Å². The average molecular weight is 558 g/mol. The van der Waals surface area contributed by atoms with E-state index in [1.807, 2.05) is 17.0 Å². The monoisotopic (exact) mass is 557 g/mol. The zero-order valence-corrected chi connectivity index (χ0v) is 21.9. The van der Waals surface area contributed by atoms with E-state index in [1.165, 1.54) is 49.6 Å². The Labute approximate surface area is 217 Å². The number of nitro groups is 1. The van der Waals surface area contributed by atoms with Crippen LogP contribution in [0.15, 0.2) is 49.1 Å². The number of hydrogen-bond acceptors (Lipinski definition) is 6. The third kappa shape index (κ3) is 5.40. The molecule has 0 N–H and O–H groups in total. The number of aliphatic imine (C=N–C) groups is 1. The highest BCUT2D eigenvalue weighted by Crippen LogP contribution is 2.39. The topological polar surface area (TPSA) is 88.9 Å². The van der Waals surface area contributed by atoms with Crippen LogP contribution < -0.4 is 0 Å². The maximum absolute atomic E-state index is 13.5. The minimum Gasteiger partial charge on any atom is -0.457 e. The first-order valence-corrected chi connectivity index (χ1v) is 14.0. The number of nitrogens with zero attached hydrogens (tertiary/aromatic N) is 3. The van der Waals surface area contributed by atoms with E-state index >= 15 is 0 Å². The highest BCUT2D eigenvalue weighted by molar-refractivity contribution is 9.10. The molecular formula is C26H28BrN3O4S. The fourth-order valence-electron chi connectivity index (χ4n) is 5.13. The van der Waals surface area contributed by atoms with E-state index in [-0.39, 0.29) is 17.6 Å². The van der Waals surface area contributed by atoms with Gasteiger partial charge in [0.1, 0.15) is 11.5 Å². The molecule has 1 amide bonds. The Kier molecular flexibility index (Phi) is 7.43. The summed E-state index contributed by atoms with van der Waals surface area (Å²) < 4.78 is 6.61. The van der Waals surface area contributed by atoms with E-state index < -0.39 is 4.92 Å². The van der Waals surface area contributed by atoms with E-state index in [9.17, 15) is 14.9 Å². The summed E-state index contributed by atoms with van der Waals surface area (Å²) in [6.07, 6.45) is 13.3. The second-order valence-corrected chi connectivity index (χ2v) is 11.3. The summed E-state index contributed by atoms with van der Waals surface area (Å²) in [5.74, 6) is 1.17. The second-order valence-electron chi connectivity index (χ2n) is 9.40. The van der Waals surface area contributed by atoms with Gasteiger partial charge < -0.3 is 4.42 Å². The second kappa shape index (κ2) is 10.7. The third-order valence-electron chi connectivity index (χ3n) is 6.97. The molecular weight excluding hydrogens is 530 g/mol. The maximum atomic E-state index is 13.5. The van der Waals surface area contributed by atoms with Gasteiger partial charge in [-0.3, -0.25) is 24.8 Å². The van der Waals surface area contributed by atoms with Gasteiger partial charge in [0.25, 0.3) is 11.6 Å². The molecule has 0 atom stereocenters. The summed E-state index contributed by atoms with van der Waals surface area (Å²) in [5, 5.41) is 11.9. The number of furan rings is 1. The molecule has 1 aliphatic heterocycles. The molecule has 0 spiro atoms. The first kappa shape index (κ1) is 24.3. The molecule has 2 aromatic rings. The van der Waals surface area contributed by atoms with Gasteiger partial charge in [0.2, 0.25) is 0 Å². The zero-order valence-electron chi connectivity index (χ0n) is 19.5. The van der Waals surface area contributed by atoms with Crippen LogP contribution in [-0.2, 0) is 4.79 Å². The molecule has 2 saturated carbocycles. The van der Waals surface area contributed by atoms with Crippen LogP contribution >= 0.6 is 27.7 Å². The molecule has 35 heavy (non-hydrogen) atoms. The number of carbonyl (C=O) groups excluding carboxylic acids is 1. The minimum atomic E-state index is -0.431. The molecule has 3 fully saturated rings. The smallest absolute Gasteiger partial charge is 0.270 e. The Hall–Kier alpha value is -2.39. The Morgan fingerprint density at radius 2 is 1.77 bits per heavy atom. The number of halogens is 1. The lowest BCUT2D eigenvalue weighted by Gasteiger charge is -2.31. The molecule has 1 saturated heterocycles. The summed E-state index contributed by atoms with van der Waals surface area (Å²) in [7, 11) is 0. The van der Waals surface area contributed by atoms with E-state index in [2.05, 4.69) is 15.9 Å².